The maximum atomic E-state index is 10.4. The third-order valence-corrected chi connectivity index (χ3v) is 21.6. The number of aromatic hydroxyl groups is 4. The van der Waals surface area contributed by atoms with E-state index in [0.717, 1.165) is 84.0 Å². The summed E-state index contributed by atoms with van der Waals surface area (Å²) in [6.07, 6.45) is 26.4. The van der Waals surface area contributed by atoms with Gasteiger partial charge in [-0.3, -0.25) is 60.7 Å². The van der Waals surface area contributed by atoms with Crippen LogP contribution in [0.3, 0.4) is 0 Å². The van der Waals surface area contributed by atoms with Crippen LogP contribution in [0.15, 0.2) is 117 Å². The van der Waals surface area contributed by atoms with Crippen LogP contribution in [0, 0.1) is 53.8 Å². The quantitative estimate of drug-likeness (QED) is 0.0513. The second-order valence-electron chi connectivity index (χ2n) is 23.3. The Balaban J connectivity index is 0.000000284. The van der Waals surface area contributed by atoms with Gasteiger partial charge >= 0.3 is 118 Å². The van der Waals surface area contributed by atoms with Crippen molar-refractivity contribution in [1.29, 1.82) is 0 Å². The monoisotopic (exact) mass is 1400 g/mol. The number of phenols is 4. The molecule has 24 nitrogen and oxygen atoms in total. The maximum Gasteiger partial charge on any atom is 1.00 e. The van der Waals surface area contributed by atoms with E-state index < -0.39 is 40.5 Å². The van der Waals surface area contributed by atoms with Crippen molar-refractivity contribution in [1.82, 2.24) is 42.5 Å². The summed E-state index contributed by atoms with van der Waals surface area (Å²) < 4.78 is 117. The predicted octanol–water partition coefficient (Wildman–Crippen LogP) is -7.01. The van der Waals surface area contributed by atoms with Gasteiger partial charge in [-0.1, -0.05) is 51.4 Å². The zero-order valence-corrected chi connectivity index (χ0v) is 65.1. The number of rotatable bonds is 4. The van der Waals surface area contributed by atoms with Gasteiger partial charge in [0.25, 0.3) is 40.5 Å². The minimum Gasteiger partial charge on any atom is -0.508 e. The molecule has 4 saturated carbocycles. The number of hydrogen-bond donors (Lipinski definition) is 16. The molecule has 0 aromatic heterocycles. The summed E-state index contributed by atoms with van der Waals surface area (Å²) in [5.74, 6) is 5.56. The zero-order chi connectivity index (χ0) is 60.1. The van der Waals surface area contributed by atoms with E-state index in [4.69, 9.17) is 38.6 Å². The molecule has 5 aliphatic heterocycles. The van der Waals surface area contributed by atoms with Crippen molar-refractivity contribution in [2.45, 2.75) is 165 Å². The Bertz CT molecular complexity index is 2810. The molecule has 16 N–H and O–H groups in total. The van der Waals surface area contributed by atoms with Gasteiger partial charge in [0.15, 0.2) is 0 Å². The largest absolute Gasteiger partial charge is 1.00 e. The summed E-state index contributed by atoms with van der Waals surface area (Å²) in [5.41, 5.74) is 0. The van der Waals surface area contributed by atoms with Crippen LogP contribution in [0.2, 0.25) is 0 Å². The molecule has 16 atom stereocenters. The van der Waals surface area contributed by atoms with Crippen LogP contribution in [0.25, 0.3) is 0 Å². The fourth-order valence-corrected chi connectivity index (χ4v) is 16.1. The molecule has 33 heteroatoms. The third-order valence-electron chi connectivity index (χ3n) is 18.1. The molecule has 89 heavy (non-hydrogen) atoms. The van der Waals surface area contributed by atoms with Gasteiger partial charge in [-0.25, -0.2) is 0 Å². The fraction of sp³-hybridized carbons (Fsp3) is 0.554. The molecule has 16 unspecified atom stereocenters. The minimum atomic E-state index is -4.13. The number of hydrogen-bond acceptors (Lipinski definition) is 20. The van der Waals surface area contributed by atoms with E-state index in [2.05, 4.69) is 49.0 Å². The first-order valence-electron chi connectivity index (χ1n) is 28.8. The summed E-state index contributed by atoms with van der Waals surface area (Å²) in [4.78, 5) is -0.906. The second-order valence-corrected chi connectivity index (χ2v) is 29.0. The van der Waals surface area contributed by atoms with Crippen LogP contribution in [-0.4, -0.2) is 122 Å². The summed E-state index contributed by atoms with van der Waals surface area (Å²) in [6, 6.07) is 18.4. The first kappa shape index (κ1) is 81.5. The van der Waals surface area contributed by atoms with Crippen LogP contribution in [-0.2, 0) is 60.0 Å². The van der Waals surface area contributed by atoms with E-state index in [1.54, 1.807) is 0 Å². The number of fused-ring (bicyclic) bond motifs is 20. The minimum absolute atomic E-state index is 0. The molecule has 9 aliphatic rings. The molecule has 0 spiro atoms. The summed E-state index contributed by atoms with van der Waals surface area (Å²) >= 11 is 0. The maximum absolute atomic E-state index is 10.4. The van der Waals surface area contributed by atoms with Gasteiger partial charge in [0.1, 0.15) is 23.0 Å². The van der Waals surface area contributed by atoms with Crippen molar-refractivity contribution in [3.05, 3.63) is 103 Å². The number of nitrogens with one attached hydrogen (secondary N) is 8. The standard InChI is InChI=1S/C32H55N8.4C6H6O4S.4Na.Zn/c1-2-10-18-17(9-1)25-33-26(18)38-28-21-13-5-6-14-22(21)30(35-28)40-32-24-16-8-7-15-23(24)31(36-32)39-29-20-12-4-3-11-19(20)27(34-29)37-25;4*7-5-1-3-6(4-2-5)11(8,9)10;;;;;/h9,17-40H,1-8,10-16H2;4*1-4,7H,(H,8,9,10);;;;;/q-1;;;;;4*+1;. The van der Waals surface area contributed by atoms with Crippen molar-refractivity contribution in [3.63, 3.8) is 0 Å². The molecule has 8 bridgehead atoms. The van der Waals surface area contributed by atoms with Gasteiger partial charge in [-0.2, -0.15) is 40.1 Å². The van der Waals surface area contributed by atoms with Gasteiger partial charge < -0.3 is 26.8 Å². The van der Waals surface area contributed by atoms with Gasteiger partial charge in [0, 0.05) is 25.6 Å². The predicted molar refractivity (Wildman–Crippen MR) is 309 cm³/mol. The Kier molecular flexibility index (Phi) is 33.0. The smallest absolute Gasteiger partial charge is 0.508 e. The Morgan fingerprint density at radius 2 is 0.472 bits per heavy atom. The molecule has 4 aromatic carbocycles. The van der Waals surface area contributed by atoms with Crippen LogP contribution >= 0.6 is 0 Å². The van der Waals surface area contributed by atoms with Crippen molar-refractivity contribution in [2.75, 3.05) is 0 Å². The summed E-state index contributed by atoms with van der Waals surface area (Å²) in [5, 5.41) is 68.6. The van der Waals surface area contributed by atoms with Gasteiger partial charge in [-0.05, 0) is 177 Å². The first-order chi connectivity index (χ1) is 39.8. The average molecular weight is 1410 g/mol. The summed E-state index contributed by atoms with van der Waals surface area (Å²) in [7, 11) is -16.5. The molecule has 13 rings (SSSR count). The van der Waals surface area contributed by atoms with Crippen molar-refractivity contribution < 1.29 is 210 Å². The zero-order valence-electron chi connectivity index (χ0n) is 50.8. The molecule has 5 saturated heterocycles. The first-order valence-corrected chi connectivity index (χ1v) is 34.5. The van der Waals surface area contributed by atoms with Gasteiger partial charge in [0.05, 0.1) is 62.7 Å². The molecule has 4 aliphatic carbocycles. The van der Waals surface area contributed by atoms with Crippen LogP contribution in [0.4, 0.5) is 0 Å². The van der Waals surface area contributed by atoms with E-state index in [1.807, 2.05) is 0 Å². The van der Waals surface area contributed by atoms with E-state index >= 15 is 0 Å². The topological polar surface area (TPSA) is 395 Å². The molecular weight excluding hydrogens is 1330 g/mol. The summed E-state index contributed by atoms with van der Waals surface area (Å²) in [6.45, 7) is 0. The Hall–Kier alpha value is 0.0234. The second kappa shape index (κ2) is 36.0. The van der Waals surface area contributed by atoms with E-state index in [-0.39, 0.29) is 180 Å². The van der Waals surface area contributed by atoms with Crippen LogP contribution < -0.4 is 161 Å². The number of benzene rings is 4. The molecule has 0 radical (unpaired) electrons. The molecule has 5 heterocycles. The van der Waals surface area contributed by atoms with E-state index in [9.17, 15) is 33.7 Å². The molecule has 9 fully saturated rings. The molecule has 4 aromatic rings. The van der Waals surface area contributed by atoms with E-state index in [0.29, 0.717) is 61.2 Å². The SMILES string of the molecule is O=S(=O)(O)c1ccc(O)cc1.O=S(=O)(O)c1ccc(O)cc1.O=S(=O)(O)c1ccc(O)cc1.O=S(=O)(O)c1ccc(O)cc1.[CH-]1CCCC2C3NC(NC4NC(NC5NC(NC6NC(N3)C3CCCCC63)C3CCCCC53)C3CCCCC43)C12.[Na+].[Na+].[Na+].[Na+].[Zn]. The van der Waals surface area contributed by atoms with Crippen LogP contribution in [0.1, 0.15) is 96.3 Å². The van der Waals surface area contributed by atoms with Gasteiger partial charge in [0.2, 0.25) is 0 Å². The molecule has 0 amide bonds. The van der Waals surface area contributed by atoms with Gasteiger partial charge in [-0.15, -0.1) is 5.92 Å². The molecule has 466 valence electrons. The fourth-order valence-electron chi connectivity index (χ4n) is 14.2. The normalized spacial score (nSPS) is 31.5. The van der Waals surface area contributed by atoms with Crippen molar-refractivity contribution >= 4 is 40.5 Å². The molecular formula is C56H79N8Na4O16S4Zn+3. The Morgan fingerprint density at radius 1 is 0.292 bits per heavy atom. The average Bonchev–Trinajstić information content (AvgIpc) is 1.87. The van der Waals surface area contributed by atoms with Crippen molar-refractivity contribution in [2.24, 2.45) is 47.3 Å². The number of phenolic OH excluding ortho intramolecular Hbond substituents is 4. The van der Waals surface area contributed by atoms with E-state index in [1.165, 1.54) is 145 Å². The van der Waals surface area contributed by atoms with Crippen LogP contribution in [0.5, 0.6) is 23.0 Å². The van der Waals surface area contributed by atoms with Crippen molar-refractivity contribution in [3.8, 4) is 23.0 Å². The Morgan fingerprint density at radius 3 is 0.674 bits per heavy atom. The Labute approximate surface area is 624 Å². The third kappa shape index (κ3) is 22.0.